The number of halogens is 1. The average molecular weight is 396 g/mol. The van der Waals surface area contributed by atoms with Crippen molar-refractivity contribution < 1.29 is 17.9 Å². The summed E-state index contributed by atoms with van der Waals surface area (Å²) >= 11 is 6.08. The van der Waals surface area contributed by atoms with Crippen LogP contribution in [0.25, 0.3) is 0 Å². The maximum atomic E-state index is 12.6. The van der Waals surface area contributed by atoms with E-state index in [4.69, 9.17) is 16.3 Å². The number of carbonyl (C=O) groups excluding carboxylic acids is 1. The predicted octanol–water partition coefficient (Wildman–Crippen LogP) is 3.51. The number of ether oxygens (including phenoxy) is 1. The molecule has 0 unspecified atom stereocenters. The first-order valence-electron chi connectivity index (χ1n) is 8.04. The zero-order valence-corrected chi connectivity index (χ0v) is 16.8. The van der Waals surface area contributed by atoms with E-state index in [0.29, 0.717) is 13.2 Å². The van der Waals surface area contributed by atoms with Gasteiger partial charge in [-0.25, -0.2) is 8.42 Å². The number of hydrogen-bond donors (Lipinski definition) is 0. The summed E-state index contributed by atoms with van der Waals surface area (Å²) in [6.07, 6.45) is 1.09. The van der Waals surface area contributed by atoms with E-state index >= 15 is 0 Å². The van der Waals surface area contributed by atoms with Crippen LogP contribution in [0.4, 0.5) is 0 Å². The van der Waals surface area contributed by atoms with Crippen LogP contribution in [0.1, 0.15) is 21.5 Å². The lowest BCUT2D eigenvalue weighted by molar-refractivity contribution is 0.0773. The quantitative estimate of drug-likeness (QED) is 0.750. The fraction of sp³-hybridized carbons (Fsp3) is 0.316. The van der Waals surface area contributed by atoms with Gasteiger partial charge < -0.3 is 9.64 Å². The average Bonchev–Trinajstić information content (AvgIpc) is 2.52. The minimum absolute atomic E-state index is 0.0603. The molecule has 2 rings (SSSR count). The summed E-state index contributed by atoms with van der Waals surface area (Å²) in [5.41, 5.74) is 2.37. The molecular formula is C19H22ClNO4S. The number of hydrogen-bond acceptors (Lipinski definition) is 4. The van der Waals surface area contributed by atoms with Gasteiger partial charge in [0.05, 0.1) is 22.0 Å². The summed E-state index contributed by atoms with van der Waals surface area (Å²) in [6.45, 7) is 4.64. The third-order valence-corrected chi connectivity index (χ3v) is 5.27. The molecule has 2 aromatic carbocycles. The molecule has 0 saturated carbocycles. The summed E-state index contributed by atoms with van der Waals surface area (Å²) < 4.78 is 29.1. The first kappa shape index (κ1) is 20.3. The SMILES string of the molecule is Cc1cc(C)cc(OCCN(C)C(=O)c2cc(S(C)(=O)=O)ccc2Cl)c1. The Labute approximate surface area is 159 Å². The molecular weight excluding hydrogens is 374 g/mol. The van der Waals surface area contributed by atoms with Gasteiger partial charge in [0.2, 0.25) is 0 Å². The summed E-state index contributed by atoms with van der Waals surface area (Å²) in [6, 6.07) is 10.0. The summed E-state index contributed by atoms with van der Waals surface area (Å²) in [5, 5.41) is 0.212. The van der Waals surface area contributed by atoms with Gasteiger partial charge in [0.15, 0.2) is 9.84 Å². The molecule has 0 saturated heterocycles. The molecule has 1 amide bonds. The molecule has 0 N–H and O–H groups in total. The van der Waals surface area contributed by atoms with Crippen LogP contribution in [0.2, 0.25) is 5.02 Å². The van der Waals surface area contributed by atoms with Crippen molar-refractivity contribution in [2.45, 2.75) is 18.7 Å². The van der Waals surface area contributed by atoms with E-state index in [2.05, 4.69) is 6.07 Å². The van der Waals surface area contributed by atoms with Gasteiger partial charge in [-0.05, 0) is 55.3 Å². The second-order valence-electron chi connectivity index (χ2n) is 6.31. The van der Waals surface area contributed by atoms with Crippen LogP contribution < -0.4 is 4.74 Å². The zero-order valence-electron chi connectivity index (χ0n) is 15.2. The van der Waals surface area contributed by atoms with E-state index in [1.807, 2.05) is 26.0 Å². The van der Waals surface area contributed by atoms with Gasteiger partial charge in [0, 0.05) is 13.3 Å². The Bertz CT molecular complexity index is 905. The Morgan fingerprint density at radius 1 is 1.12 bits per heavy atom. The van der Waals surface area contributed by atoms with Crippen molar-refractivity contribution >= 4 is 27.3 Å². The normalized spacial score (nSPS) is 11.3. The maximum Gasteiger partial charge on any atom is 0.255 e. The Kier molecular flexibility index (Phi) is 6.31. The lowest BCUT2D eigenvalue weighted by Crippen LogP contribution is -2.31. The standard InChI is InChI=1S/C19H22ClNO4S/c1-13-9-14(2)11-15(10-13)25-8-7-21(3)19(22)17-12-16(26(4,23)24)5-6-18(17)20/h5-6,9-12H,7-8H2,1-4H3. The zero-order chi connectivity index (χ0) is 19.5. The van der Waals surface area contributed by atoms with Crippen molar-refractivity contribution in [3.05, 3.63) is 58.1 Å². The van der Waals surface area contributed by atoms with Crippen LogP contribution in [0, 0.1) is 13.8 Å². The van der Waals surface area contributed by atoms with Crippen molar-refractivity contribution in [2.24, 2.45) is 0 Å². The van der Waals surface area contributed by atoms with Gasteiger partial charge in [0.25, 0.3) is 5.91 Å². The monoisotopic (exact) mass is 395 g/mol. The number of aryl methyl sites for hydroxylation is 2. The molecule has 26 heavy (non-hydrogen) atoms. The van der Waals surface area contributed by atoms with Crippen molar-refractivity contribution in [1.82, 2.24) is 4.90 Å². The van der Waals surface area contributed by atoms with Crippen LogP contribution in [-0.2, 0) is 9.84 Å². The predicted molar refractivity (Wildman–Crippen MR) is 103 cm³/mol. The molecule has 2 aromatic rings. The van der Waals surface area contributed by atoms with Crippen LogP contribution in [0.5, 0.6) is 5.75 Å². The van der Waals surface area contributed by atoms with E-state index in [-0.39, 0.29) is 21.4 Å². The summed E-state index contributed by atoms with van der Waals surface area (Å²) in [5.74, 6) is 0.393. The van der Waals surface area contributed by atoms with Crippen molar-refractivity contribution in [3.8, 4) is 5.75 Å². The molecule has 0 aliphatic rings. The molecule has 0 aromatic heterocycles. The second kappa shape index (κ2) is 8.10. The highest BCUT2D eigenvalue weighted by Crippen LogP contribution is 2.22. The molecule has 0 bridgehead atoms. The number of sulfone groups is 1. The third kappa shape index (κ3) is 5.22. The van der Waals surface area contributed by atoms with E-state index in [0.717, 1.165) is 23.1 Å². The largest absolute Gasteiger partial charge is 0.492 e. The van der Waals surface area contributed by atoms with Crippen LogP contribution in [-0.4, -0.2) is 45.7 Å². The summed E-state index contributed by atoms with van der Waals surface area (Å²) in [7, 11) is -1.79. The number of likely N-dealkylation sites (N-methyl/N-ethyl adjacent to an activating group) is 1. The number of benzene rings is 2. The molecule has 7 heteroatoms. The fourth-order valence-corrected chi connectivity index (χ4v) is 3.37. The first-order chi connectivity index (χ1) is 12.1. The summed E-state index contributed by atoms with van der Waals surface area (Å²) in [4.78, 5) is 14.1. The molecule has 0 radical (unpaired) electrons. The lowest BCUT2D eigenvalue weighted by Gasteiger charge is -2.19. The number of rotatable bonds is 6. The van der Waals surface area contributed by atoms with Gasteiger partial charge in [0.1, 0.15) is 12.4 Å². The number of amides is 1. The van der Waals surface area contributed by atoms with Gasteiger partial charge >= 0.3 is 0 Å². The topological polar surface area (TPSA) is 63.7 Å². The number of carbonyl (C=O) groups is 1. The Morgan fingerprint density at radius 3 is 2.31 bits per heavy atom. The second-order valence-corrected chi connectivity index (χ2v) is 8.74. The first-order valence-corrected chi connectivity index (χ1v) is 10.3. The molecule has 0 aliphatic heterocycles. The molecule has 0 atom stereocenters. The third-order valence-electron chi connectivity index (χ3n) is 3.83. The fourth-order valence-electron chi connectivity index (χ4n) is 2.52. The molecule has 0 heterocycles. The Hall–Kier alpha value is -2.05. The van der Waals surface area contributed by atoms with Crippen LogP contribution in [0.15, 0.2) is 41.3 Å². The Morgan fingerprint density at radius 2 is 1.73 bits per heavy atom. The Balaban J connectivity index is 2.05. The smallest absolute Gasteiger partial charge is 0.255 e. The van der Waals surface area contributed by atoms with Gasteiger partial charge in [-0.2, -0.15) is 0 Å². The minimum Gasteiger partial charge on any atom is -0.492 e. The van der Waals surface area contributed by atoms with E-state index in [9.17, 15) is 13.2 Å². The highest BCUT2D eigenvalue weighted by atomic mass is 35.5. The maximum absolute atomic E-state index is 12.6. The van der Waals surface area contributed by atoms with Crippen molar-refractivity contribution in [2.75, 3.05) is 26.5 Å². The van der Waals surface area contributed by atoms with Crippen LogP contribution >= 0.6 is 11.6 Å². The molecule has 0 aliphatic carbocycles. The van der Waals surface area contributed by atoms with Gasteiger partial charge in [-0.15, -0.1) is 0 Å². The van der Waals surface area contributed by atoms with Crippen molar-refractivity contribution in [3.63, 3.8) is 0 Å². The van der Waals surface area contributed by atoms with E-state index < -0.39 is 9.84 Å². The molecule has 140 valence electrons. The van der Waals surface area contributed by atoms with E-state index in [1.54, 1.807) is 7.05 Å². The van der Waals surface area contributed by atoms with E-state index in [1.165, 1.54) is 23.1 Å². The highest BCUT2D eigenvalue weighted by Gasteiger charge is 2.18. The minimum atomic E-state index is -3.42. The van der Waals surface area contributed by atoms with Gasteiger partial charge in [-0.1, -0.05) is 17.7 Å². The van der Waals surface area contributed by atoms with Gasteiger partial charge in [-0.3, -0.25) is 4.79 Å². The van der Waals surface area contributed by atoms with Crippen molar-refractivity contribution in [1.29, 1.82) is 0 Å². The molecule has 5 nitrogen and oxygen atoms in total. The lowest BCUT2D eigenvalue weighted by atomic mass is 10.1. The highest BCUT2D eigenvalue weighted by molar-refractivity contribution is 7.90. The molecule has 0 fully saturated rings. The van der Waals surface area contributed by atoms with Crippen LogP contribution in [0.3, 0.4) is 0 Å². The molecule has 0 spiro atoms. The number of nitrogens with zero attached hydrogens (tertiary/aromatic N) is 1.